The van der Waals surface area contributed by atoms with E-state index in [2.05, 4.69) is 29.0 Å². The Hall–Kier alpha value is -3.31. The van der Waals surface area contributed by atoms with E-state index in [-0.39, 0.29) is 17.7 Å². The highest BCUT2D eigenvalue weighted by atomic mass is 16.1. The van der Waals surface area contributed by atoms with Gasteiger partial charge in [-0.25, -0.2) is 0 Å². The van der Waals surface area contributed by atoms with Crippen molar-refractivity contribution < 1.29 is 4.79 Å². The molecule has 0 unspecified atom stereocenters. The van der Waals surface area contributed by atoms with Crippen LogP contribution < -0.4 is 4.90 Å². The van der Waals surface area contributed by atoms with Crippen LogP contribution in [0.5, 0.6) is 0 Å². The second-order valence-corrected chi connectivity index (χ2v) is 6.49. The Morgan fingerprint density at radius 3 is 2.19 bits per heavy atom. The maximum atomic E-state index is 13.3. The summed E-state index contributed by atoms with van der Waals surface area (Å²) >= 11 is 0. The Balaban J connectivity index is 1.76. The summed E-state index contributed by atoms with van der Waals surface area (Å²) in [4.78, 5) is 15.4. The number of nitrogens with zero attached hydrogens (tertiary/aromatic N) is 1. The third kappa shape index (κ3) is 2.78. The average molecular weight is 337 g/mol. The number of carbonyl (C=O) groups is 1. The van der Waals surface area contributed by atoms with Crippen LogP contribution in [0.2, 0.25) is 0 Å². The van der Waals surface area contributed by atoms with Crippen LogP contribution in [0.25, 0.3) is 0 Å². The van der Waals surface area contributed by atoms with E-state index in [9.17, 15) is 4.79 Å². The molecule has 0 amide bonds. The Kier molecular flexibility index (Phi) is 4.29. The lowest BCUT2D eigenvalue weighted by Gasteiger charge is -2.26. The first-order valence-electron chi connectivity index (χ1n) is 8.74. The van der Waals surface area contributed by atoms with Crippen molar-refractivity contribution in [3.63, 3.8) is 0 Å². The Morgan fingerprint density at radius 1 is 0.885 bits per heavy atom. The van der Waals surface area contributed by atoms with Gasteiger partial charge in [-0.1, -0.05) is 84.8 Å². The quantitative estimate of drug-likeness (QED) is 0.509. The smallest absolute Gasteiger partial charge is 0.173 e. The molecule has 1 aliphatic rings. The van der Waals surface area contributed by atoms with E-state index in [0.717, 1.165) is 11.3 Å². The van der Waals surface area contributed by atoms with E-state index >= 15 is 0 Å². The molecular formula is C24H19NO. The summed E-state index contributed by atoms with van der Waals surface area (Å²) in [6.07, 6.45) is 5.92. The number of Topliss-reactive ketones (excluding diaryl/α,β-unsaturated/α-hetero) is 1. The van der Waals surface area contributed by atoms with Crippen LogP contribution in [0.1, 0.15) is 27.4 Å². The van der Waals surface area contributed by atoms with Crippen LogP contribution in [-0.4, -0.2) is 11.8 Å². The second kappa shape index (κ2) is 6.90. The van der Waals surface area contributed by atoms with Crippen molar-refractivity contribution in [1.82, 2.24) is 0 Å². The standard InChI is InChI=1S/C24H19NO/c1-2-21-23(24(26)19-13-7-4-8-14-19)20-15-9-10-16-22(20)25(21)17-18-11-5-3-6-12-18/h1,3-16,21,23H,17H2/t21-,23+/m1/s1. The fourth-order valence-corrected chi connectivity index (χ4v) is 3.73. The first-order valence-corrected chi connectivity index (χ1v) is 8.74. The molecule has 0 fully saturated rings. The van der Waals surface area contributed by atoms with Crippen LogP contribution in [0.3, 0.4) is 0 Å². The molecule has 2 heteroatoms. The minimum atomic E-state index is -0.345. The zero-order chi connectivity index (χ0) is 17.9. The predicted octanol–water partition coefficient (Wildman–Crippen LogP) is 4.68. The average Bonchev–Trinajstić information content (AvgIpc) is 3.02. The number of hydrogen-bond donors (Lipinski definition) is 0. The van der Waals surface area contributed by atoms with Crippen molar-refractivity contribution in [2.45, 2.75) is 18.5 Å². The number of anilines is 1. The summed E-state index contributed by atoms with van der Waals surface area (Å²) in [5.74, 6) is 2.62. The Labute approximate surface area is 154 Å². The first kappa shape index (κ1) is 16.2. The maximum absolute atomic E-state index is 13.3. The van der Waals surface area contributed by atoms with Crippen LogP contribution in [0.4, 0.5) is 5.69 Å². The molecule has 0 aliphatic carbocycles. The molecule has 3 aromatic carbocycles. The number of para-hydroxylation sites is 1. The number of benzene rings is 3. The zero-order valence-electron chi connectivity index (χ0n) is 14.4. The summed E-state index contributed by atoms with van der Waals surface area (Å²) < 4.78 is 0. The van der Waals surface area contributed by atoms with Gasteiger partial charge in [-0.15, -0.1) is 6.42 Å². The van der Waals surface area contributed by atoms with Crippen molar-refractivity contribution in [3.05, 3.63) is 102 Å². The van der Waals surface area contributed by atoms with E-state index < -0.39 is 0 Å². The molecule has 0 N–H and O–H groups in total. The third-order valence-electron chi connectivity index (χ3n) is 4.94. The number of carbonyl (C=O) groups excluding carboxylic acids is 1. The van der Waals surface area contributed by atoms with Gasteiger partial charge in [0.2, 0.25) is 0 Å². The molecule has 0 spiro atoms. The van der Waals surface area contributed by atoms with Gasteiger partial charge in [0.25, 0.3) is 0 Å². The van der Waals surface area contributed by atoms with Gasteiger partial charge in [-0.2, -0.15) is 0 Å². The molecule has 1 heterocycles. The number of ketones is 1. The van der Waals surface area contributed by atoms with Crippen molar-refractivity contribution >= 4 is 11.5 Å². The Morgan fingerprint density at radius 2 is 1.50 bits per heavy atom. The molecule has 3 aromatic rings. The highest BCUT2D eigenvalue weighted by Crippen LogP contribution is 2.43. The van der Waals surface area contributed by atoms with Gasteiger partial charge in [-0.3, -0.25) is 4.79 Å². The van der Waals surface area contributed by atoms with Gasteiger partial charge in [0.15, 0.2) is 5.78 Å². The topological polar surface area (TPSA) is 20.3 Å². The molecule has 1 aliphatic heterocycles. The molecule has 0 radical (unpaired) electrons. The lowest BCUT2D eigenvalue weighted by Crippen LogP contribution is -2.35. The molecule has 0 aromatic heterocycles. The minimum Gasteiger partial charge on any atom is -0.352 e. The monoisotopic (exact) mass is 337 g/mol. The SMILES string of the molecule is C#C[C@@H]1[C@@H](C(=O)c2ccccc2)c2ccccc2N1Cc1ccccc1. The van der Waals surface area contributed by atoms with Gasteiger partial charge in [0.05, 0.1) is 5.92 Å². The van der Waals surface area contributed by atoms with Crippen LogP contribution in [0, 0.1) is 12.3 Å². The predicted molar refractivity (Wildman–Crippen MR) is 105 cm³/mol. The summed E-state index contributed by atoms with van der Waals surface area (Å²) in [5.41, 5.74) is 3.94. The molecule has 2 nitrogen and oxygen atoms in total. The maximum Gasteiger partial charge on any atom is 0.173 e. The van der Waals surface area contributed by atoms with E-state index in [0.29, 0.717) is 12.1 Å². The summed E-state index contributed by atoms with van der Waals surface area (Å²) in [7, 11) is 0. The minimum absolute atomic E-state index is 0.0801. The van der Waals surface area contributed by atoms with Gasteiger partial charge >= 0.3 is 0 Å². The van der Waals surface area contributed by atoms with E-state index in [1.54, 1.807) is 0 Å². The molecule has 4 rings (SSSR count). The molecule has 0 saturated carbocycles. The number of fused-ring (bicyclic) bond motifs is 1. The summed E-state index contributed by atoms with van der Waals surface area (Å²) in [6.45, 7) is 0.686. The first-order chi connectivity index (χ1) is 12.8. The van der Waals surface area contributed by atoms with Gasteiger partial charge < -0.3 is 4.90 Å². The van der Waals surface area contributed by atoms with Crippen LogP contribution >= 0.6 is 0 Å². The van der Waals surface area contributed by atoms with Crippen molar-refractivity contribution in [2.24, 2.45) is 0 Å². The number of rotatable bonds is 4. The molecule has 26 heavy (non-hydrogen) atoms. The van der Waals surface area contributed by atoms with Gasteiger partial charge in [-0.05, 0) is 17.2 Å². The van der Waals surface area contributed by atoms with Crippen LogP contribution in [0.15, 0.2) is 84.9 Å². The number of terminal acetylenes is 1. The fraction of sp³-hybridized carbons (Fsp3) is 0.125. The number of hydrogen-bond acceptors (Lipinski definition) is 2. The largest absolute Gasteiger partial charge is 0.352 e. The molecule has 0 bridgehead atoms. The Bertz CT molecular complexity index is 956. The summed E-state index contributed by atoms with van der Waals surface area (Å²) in [5, 5.41) is 0. The third-order valence-corrected chi connectivity index (χ3v) is 4.94. The molecule has 0 saturated heterocycles. The summed E-state index contributed by atoms with van der Waals surface area (Å²) in [6, 6.07) is 27.4. The lowest BCUT2D eigenvalue weighted by atomic mass is 9.87. The highest BCUT2D eigenvalue weighted by molar-refractivity contribution is 6.04. The van der Waals surface area contributed by atoms with Crippen molar-refractivity contribution in [3.8, 4) is 12.3 Å². The molecular weight excluding hydrogens is 318 g/mol. The van der Waals surface area contributed by atoms with E-state index in [1.807, 2.05) is 66.7 Å². The van der Waals surface area contributed by atoms with Crippen molar-refractivity contribution in [2.75, 3.05) is 4.90 Å². The lowest BCUT2D eigenvalue weighted by molar-refractivity contribution is 0.0957. The zero-order valence-corrected chi connectivity index (χ0v) is 14.4. The normalized spacial score (nSPS) is 18.2. The van der Waals surface area contributed by atoms with Crippen molar-refractivity contribution in [1.29, 1.82) is 0 Å². The van der Waals surface area contributed by atoms with E-state index in [1.165, 1.54) is 5.56 Å². The molecule has 2 atom stereocenters. The van der Waals surface area contributed by atoms with Crippen LogP contribution in [-0.2, 0) is 6.54 Å². The highest BCUT2D eigenvalue weighted by Gasteiger charge is 2.41. The second-order valence-electron chi connectivity index (χ2n) is 6.49. The van der Waals surface area contributed by atoms with E-state index in [4.69, 9.17) is 6.42 Å². The van der Waals surface area contributed by atoms with Gasteiger partial charge in [0, 0.05) is 17.8 Å². The molecule has 126 valence electrons. The fourth-order valence-electron chi connectivity index (χ4n) is 3.73. The van der Waals surface area contributed by atoms with Gasteiger partial charge in [0.1, 0.15) is 6.04 Å².